The number of rotatable bonds is 29. The lowest BCUT2D eigenvalue weighted by molar-refractivity contribution is -0.137. The number of hydrogen-bond acceptors (Lipinski definition) is 6. The lowest BCUT2D eigenvalue weighted by atomic mass is 10.1. The van der Waals surface area contributed by atoms with Crippen molar-refractivity contribution in [2.75, 3.05) is 13.2 Å². The molecule has 1 atom stereocenters. The van der Waals surface area contributed by atoms with Crippen LogP contribution in [0.15, 0.2) is 18.2 Å². The van der Waals surface area contributed by atoms with Gasteiger partial charge in [-0.3, -0.25) is 9.59 Å². The van der Waals surface area contributed by atoms with E-state index in [0.29, 0.717) is 25.2 Å². The molecule has 1 aromatic rings. The molecule has 248 valence electrons. The lowest BCUT2D eigenvalue weighted by Gasteiger charge is -2.19. The molecule has 1 aromatic carbocycles. The summed E-state index contributed by atoms with van der Waals surface area (Å²) in [4.78, 5) is 25.4. The van der Waals surface area contributed by atoms with E-state index in [1.54, 1.807) is 18.2 Å². The third-order valence-corrected chi connectivity index (χ3v) is 7.76. The fourth-order valence-corrected chi connectivity index (χ4v) is 5.07. The van der Waals surface area contributed by atoms with Crippen molar-refractivity contribution in [2.24, 2.45) is 0 Å². The van der Waals surface area contributed by atoms with Gasteiger partial charge >= 0.3 is 11.9 Å². The van der Waals surface area contributed by atoms with Gasteiger partial charge in [-0.1, -0.05) is 124 Å². The van der Waals surface area contributed by atoms with E-state index in [1.165, 1.54) is 38.5 Å². The minimum Gasteiger partial charge on any atom is -0.490 e. The Morgan fingerprint density at radius 3 is 1.67 bits per heavy atom. The average Bonchev–Trinajstić information content (AvgIpc) is 3.00. The molecule has 0 aliphatic heterocycles. The van der Waals surface area contributed by atoms with Crippen LogP contribution >= 0.6 is 0 Å². The van der Waals surface area contributed by atoms with Crippen LogP contribution in [0.25, 0.3) is 0 Å². The Balaban J connectivity index is 2.76. The van der Waals surface area contributed by atoms with Gasteiger partial charge in [0.1, 0.15) is 0 Å². The predicted octanol–water partition coefficient (Wildman–Crippen LogP) is 10.9. The maximum Gasteiger partial charge on any atom is 0.311 e. The molecule has 0 N–H and O–H groups in total. The Hall–Kier alpha value is -2.08. The van der Waals surface area contributed by atoms with Gasteiger partial charge in [0.25, 0.3) is 0 Å². The van der Waals surface area contributed by atoms with Gasteiger partial charge in [-0.25, -0.2) is 0 Å². The number of carbonyl (C=O) groups is 2. The second-order valence-corrected chi connectivity index (χ2v) is 11.9. The molecule has 43 heavy (non-hydrogen) atoms. The van der Waals surface area contributed by atoms with E-state index in [2.05, 4.69) is 27.7 Å². The molecular weight excluding hydrogens is 540 g/mol. The van der Waals surface area contributed by atoms with Crippen molar-refractivity contribution in [3.8, 4) is 17.2 Å². The van der Waals surface area contributed by atoms with Crippen LogP contribution in [0.2, 0.25) is 0 Å². The summed E-state index contributed by atoms with van der Waals surface area (Å²) in [6.45, 7) is 10.1. The molecule has 1 rings (SSSR count). The maximum atomic E-state index is 12.8. The molecule has 0 spiro atoms. The SMILES string of the molecule is CCCCCCCOC(CCCC)CCCOc1cccc(OC(=O)CCCCCCC)c1OC(=O)CCCCCCC. The minimum absolute atomic E-state index is 0.214. The standard InChI is InChI=1S/C37H64O6/c1-5-9-13-16-19-28-35(38)42-34-27-22-26-33(37(34)43-36(39)29-20-17-14-10-6-2)41-31-23-25-32(24-12-8-4)40-30-21-18-15-11-7-3/h22,26-27,32H,5-21,23-25,28-31H2,1-4H3. The van der Waals surface area contributed by atoms with Crippen LogP contribution in [0.4, 0.5) is 0 Å². The first-order valence-electron chi connectivity index (χ1n) is 17.8. The van der Waals surface area contributed by atoms with Crippen LogP contribution in [-0.4, -0.2) is 31.3 Å². The molecule has 0 saturated heterocycles. The Bertz CT molecular complexity index is 823. The molecule has 0 bridgehead atoms. The monoisotopic (exact) mass is 604 g/mol. The zero-order valence-electron chi connectivity index (χ0n) is 28.2. The highest BCUT2D eigenvalue weighted by molar-refractivity contribution is 5.77. The summed E-state index contributed by atoms with van der Waals surface area (Å²) in [7, 11) is 0. The number of carbonyl (C=O) groups excluding carboxylic acids is 2. The second kappa shape index (κ2) is 27.5. The molecule has 0 saturated carbocycles. The molecular formula is C37H64O6. The van der Waals surface area contributed by atoms with Gasteiger partial charge in [0.05, 0.1) is 12.7 Å². The number of unbranched alkanes of at least 4 members (excludes halogenated alkanes) is 13. The first-order valence-corrected chi connectivity index (χ1v) is 17.8. The molecule has 6 nitrogen and oxygen atoms in total. The van der Waals surface area contributed by atoms with Crippen LogP contribution in [0, 0.1) is 0 Å². The Morgan fingerprint density at radius 2 is 1.07 bits per heavy atom. The zero-order chi connectivity index (χ0) is 31.4. The topological polar surface area (TPSA) is 71.1 Å². The van der Waals surface area contributed by atoms with Crippen LogP contribution in [0.5, 0.6) is 17.2 Å². The minimum atomic E-state index is -0.323. The largest absolute Gasteiger partial charge is 0.490 e. The second-order valence-electron chi connectivity index (χ2n) is 11.9. The van der Waals surface area contributed by atoms with Crippen molar-refractivity contribution in [1.82, 2.24) is 0 Å². The van der Waals surface area contributed by atoms with Crippen molar-refractivity contribution in [3.63, 3.8) is 0 Å². The fraction of sp³-hybridized carbons (Fsp3) is 0.784. The zero-order valence-corrected chi connectivity index (χ0v) is 28.2. The molecule has 1 unspecified atom stereocenters. The normalized spacial score (nSPS) is 11.8. The molecule has 0 fully saturated rings. The quantitative estimate of drug-likeness (QED) is 0.0514. The lowest BCUT2D eigenvalue weighted by Crippen LogP contribution is -2.16. The van der Waals surface area contributed by atoms with Crippen molar-refractivity contribution < 1.29 is 28.5 Å². The van der Waals surface area contributed by atoms with E-state index in [4.69, 9.17) is 18.9 Å². The molecule has 0 aromatic heterocycles. The molecule has 6 heteroatoms. The molecule has 0 aliphatic rings. The molecule has 0 aliphatic carbocycles. The van der Waals surface area contributed by atoms with Gasteiger partial charge in [-0.05, 0) is 50.7 Å². The Morgan fingerprint density at radius 1 is 0.558 bits per heavy atom. The van der Waals surface area contributed by atoms with E-state index < -0.39 is 0 Å². The smallest absolute Gasteiger partial charge is 0.311 e. The molecule has 0 radical (unpaired) electrons. The predicted molar refractivity (Wildman–Crippen MR) is 177 cm³/mol. The van der Waals surface area contributed by atoms with Crippen LogP contribution in [0.3, 0.4) is 0 Å². The average molecular weight is 605 g/mol. The summed E-state index contributed by atoms with van der Waals surface area (Å²) < 4.78 is 23.9. The van der Waals surface area contributed by atoms with Crippen molar-refractivity contribution in [3.05, 3.63) is 18.2 Å². The Labute approximate surface area is 264 Å². The number of para-hydroxylation sites is 1. The first-order chi connectivity index (χ1) is 21.0. The fourth-order valence-electron chi connectivity index (χ4n) is 5.07. The first kappa shape index (κ1) is 38.9. The van der Waals surface area contributed by atoms with Gasteiger partial charge in [0.15, 0.2) is 11.5 Å². The van der Waals surface area contributed by atoms with Crippen LogP contribution in [-0.2, 0) is 14.3 Å². The summed E-state index contributed by atoms with van der Waals surface area (Å²) in [5.41, 5.74) is 0. The molecule has 0 heterocycles. The van der Waals surface area contributed by atoms with Crippen LogP contribution < -0.4 is 14.2 Å². The van der Waals surface area contributed by atoms with E-state index in [1.807, 2.05) is 0 Å². The Kier molecular flexibility index (Phi) is 24.9. The summed E-state index contributed by atoms with van der Waals surface area (Å²) >= 11 is 0. The van der Waals surface area contributed by atoms with Crippen molar-refractivity contribution in [2.45, 2.75) is 175 Å². The highest BCUT2D eigenvalue weighted by Crippen LogP contribution is 2.38. The van der Waals surface area contributed by atoms with Crippen LogP contribution in [0.1, 0.15) is 169 Å². The third kappa shape index (κ3) is 20.5. The third-order valence-electron chi connectivity index (χ3n) is 7.76. The van der Waals surface area contributed by atoms with E-state index in [9.17, 15) is 9.59 Å². The highest BCUT2D eigenvalue weighted by Gasteiger charge is 2.19. The number of benzene rings is 1. The summed E-state index contributed by atoms with van der Waals surface area (Å²) in [5, 5.41) is 0. The van der Waals surface area contributed by atoms with Crippen molar-refractivity contribution in [1.29, 1.82) is 0 Å². The summed E-state index contributed by atoms with van der Waals surface area (Å²) in [6.07, 6.45) is 22.7. The van der Waals surface area contributed by atoms with Gasteiger partial charge < -0.3 is 18.9 Å². The highest BCUT2D eigenvalue weighted by atomic mass is 16.6. The summed E-state index contributed by atoms with van der Waals surface area (Å²) in [5.74, 6) is 0.274. The van der Waals surface area contributed by atoms with E-state index in [0.717, 1.165) is 96.5 Å². The van der Waals surface area contributed by atoms with E-state index >= 15 is 0 Å². The van der Waals surface area contributed by atoms with Gasteiger partial charge in [-0.15, -0.1) is 0 Å². The van der Waals surface area contributed by atoms with E-state index in [-0.39, 0.29) is 29.5 Å². The van der Waals surface area contributed by atoms with Gasteiger partial charge in [0, 0.05) is 19.4 Å². The molecule has 0 amide bonds. The number of esters is 2. The number of hydrogen-bond donors (Lipinski definition) is 0. The number of ether oxygens (including phenoxy) is 4. The summed E-state index contributed by atoms with van der Waals surface area (Å²) in [6, 6.07) is 5.25. The maximum absolute atomic E-state index is 12.8. The van der Waals surface area contributed by atoms with Crippen molar-refractivity contribution >= 4 is 11.9 Å². The van der Waals surface area contributed by atoms with Gasteiger partial charge in [-0.2, -0.15) is 0 Å². The van der Waals surface area contributed by atoms with Gasteiger partial charge in [0.2, 0.25) is 5.75 Å².